The van der Waals surface area contributed by atoms with Gasteiger partial charge in [0.1, 0.15) is 0 Å². The van der Waals surface area contributed by atoms with E-state index in [0.29, 0.717) is 6.54 Å². The summed E-state index contributed by atoms with van der Waals surface area (Å²) in [6, 6.07) is 9.95. The molecule has 3 rings (SSSR count). The van der Waals surface area contributed by atoms with Crippen LogP contribution in [-0.4, -0.2) is 40.2 Å². The number of carbonyl (C=O) groups is 1. The lowest BCUT2D eigenvalue weighted by atomic mass is 10.2. The van der Waals surface area contributed by atoms with Crippen molar-refractivity contribution < 1.29 is 9.90 Å². The zero-order chi connectivity index (χ0) is 13.9. The van der Waals surface area contributed by atoms with E-state index < -0.39 is 0 Å². The fourth-order valence-electron chi connectivity index (χ4n) is 2.79. The number of urea groups is 1. The van der Waals surface area contributed by atoms with Gasteiger partial charge in [0, 0.05) is 17.8 Å². The van der Waals surface area contributed by atoms with E-state index in [9.17, 15) is 9.90 Å². The standard InChI is InChI=1S/C15H19N3O2/c19-10-13-5-3-7-18(13)15(20)16-9-12-8-11-4-1-2-6-14(11)17-12/h1-2,4,6,8,13,17,19H,3,5,7,9-10H2,(H,16,20)/t13-/m0/s1. The summed E-state index contributed by atoms with van der Waals surface area (Å²) in [5, 5.41) is 13.3. The Kier molecular flexibility index (Phi) is 3.60. The van der Waals surface area contributed by atoms with E-state index in [4.69, 9.17) is 0 Å². The average Bonchev–Trinajstić information content (AvgIpc) is 3.10. The van der Waals surface area contributed by atoms with E-state index in [-0.39, 0.29) is 18.7 Å². The topological polar surface area (TPSA) is 68.4 Å². The van der Waals surface area contributed by atoms with Gasteiger partial charge in [0.25, 0.3) is 0 Å². The summed E-state index contributed by atoms with van der Waals surface area (Å²) in [6.07, 6.45) is 1.85. The number of para-hydroxylation sites is 1. The van der Waals surface area contributed by atoms with E-state index in [1.165, 1.54) is 0 Å². The molecule has 0 radical (unpaired) electrons. The first-order valence-corrected chi connectivity index (χ1v) is 7.00. The summed E-state index contributed by atoms with van der Waals surface area (Å²) in [5.74, 6) is 0. The van der Waals surface area contributed by atoms with Gasteiger partial charge in [0.05, 0.1) is 19.2 Å². The Morgan fingerprint density at radius 2 is 2.30 bits per heavy atom. The van der Waals surface area contributed by atoms with Crippen LogP contribution in [0.2, 0.25) is 0 Å². The molecule has 5 nitrogen and oxygen atoms in total. The predicted molar refractivity (Wildman–Crippen MR) is 77.3 cm³/mol. The van der Waals surface area contributed by atoms with Crippen molar-refractivity contribution in [3.05, 3.63) is 36.0 Å². The summed E-state index contributed by atoms with van der Waals surface area (Å²) < 4.78 is 0. The van der Waals surface area contributed by atoms with Crippen LogP contribution < -0.4 is 5.32 Å². The number of aliphatic hydroxyl groups is 1. The third kappa shape index (κ3) is 2.49. The SMILES string of the molecule is O=C(NCc1cc2ccccc2[nH]1)N1CCC[C@H]1CO. The molecule has 106 valence electrons. The third-order valence-electron chi connectivity index (χ3n) is 3.86. The van der Waals surface area contributed by atoms with Gasteiger partial charge >= 0.3 is 6.03 Å². The zero-order valence-electron chi connectivity index (χ0n) is 11.3. The minimum absolute atomic E-state index is 0.0299. The minimum atomic E-state index is -0.0970. The predicted octanol–water partition coefficient (Wildman–Crippen LogP) is 1.83. The van der Waals surface area contributed by atoms with E-state index >= 15 is 0 Å². The monoisotopic (exact) mass is 273 g/mol. The first kappa shape index (κ1) is 13.0. The number of H-pyrrole nitrogens is 1. The number of nitrogens with zero attached hydrogens (tertiary/aromatic N) is 1. The van der Waals surface area contributed by atoms with Crippen molar-refractivity contribution >= 4 is 16.9 Å². The Balaban J connectivity index is 1.62. The fraction of sp³-hybridized carbons (Fsp3) is 0.400. The molecule has 2 amide bonds. The van der Waals surface area contributed by atoms with E-state index in [1.54, 1.807) is 4.90 Å². The van der Waals surface area contributed by atoms with Crippen molar-refractivity contribution in [2.24, 2.45) is 0 Å². The van der Waals surface area contributed by atoms with Gasteiger partial charge in [0.15, 0.2) is 0 Å². The Labute approximate surface area is 117 Å². The highest BCUT2D eigenvalue weighted by Crippen LogP contribution is 2.17. The van der Waals surface area contributed by atoms with Crippen LogP contribution in [0.4, 0.5) is 4.79 Å². The van der Waals surface area contributed by atoms with Crippen LogP contribution in [0.1, 0.15) is 18.5 Å². The lowest BCUT2D eigenvalue weighted by Gasteiger charge is -2.23. The number of aromatic nitrogens is 1. The summed E-state index contributed by atoms with van der Waals surface area (Å²) in [7, 11) is 0. The van der Waals surface area contributed by atoms with Crippen LogP contribution in [0.25, 0.3) is 10.9 Å². The molecule has 1 saturated heterocycles. The lowest BCUT2D eigenvalue weighted by Crippen LogP contribution is -2.43. The largest absolute Gasteiger partial charge is 0.394 e. The Morgan fingerprint density at radius 1 is 1.45 bits per heavy atom. The van der Waals surface area contributed by atoms with Crippen molar-refractivity contribution in [2.75, 3.05) is 13.2 Å². The number of nitrogens with one attached hydrogen (secondary N) is 2. The number of hydrogen-bond acceptors (Lipinski definition) is 2. The summed E-state index contributed by atoms with van der Waals surface area (Å²) in [6.45, 7) is 1.24. The van der Waals surface area contributed by atoms with Crippen molar-refractivity contribution in [3.63, 3.8) is 0 Å². The molecule has 0 saturated carbocycles. The highest BCUT2D eigenvalue weighted by molar-refractivity contribution is 5.80. The fourth-order valence-corrected chi connectivity index (χ4v) is 2.79. The van der Waals surface area contributed by atoms with Gasteiger partial charge < -0.3 is 20.3 Å². The van der Waals surface area contributed by atoms with Crippen LogP contribution in [0, 0.1) is 0 Å². The molecule has 1 aliphatic rings. The van der Waals surface area contributed by atoms with Crippen molar-refractivity contribution in [3.8, 4) is 0 Å². The van der Waals surface area contributed by atoms with E-state index in [1.807, 2.05) is 30.3 Å². The maximum Gasteiger partial charge on any atom is 0.318 e. The second-order valence-electron chi connectivity index (χ2n) is 5.21. The Morgan fingerprint density at radius 3 is 3.10 bits per heavy atom. The molecule has 1 aromatic carbocycles. The summed E-state index contributed by atoms with van der Waals surface area (Å²) in [4.78, 5) is 17.1. The Bertz CT molecular complexity index is 575. The van der Waals surface area contributed by atoms with Crippen molar-refractivity contribution in [2.45, 2.75) is 25.4 Å². The lowest BCUT2D eigenvalue weighted by molar-refractivity contribution is 0.157. The zero-order valence-corrected chi connectivity index (χ0v) is 11.3. The molecule has 1 fully saturated rings. The van der Waals surface area contributed by atoms with Gasteiger partial charge in [-0.2, -0.15) is 0 Å². The normalized spacial score (nSPS) is 18.6. The molecule has 0 aliphatic carbocycles. The number of fused-ring (bicyclic) bond motifs is 1. The van der Waals surface area contributed by atoms with Crippen LogP contribution in [0.15, 0.2) is 30.3 Å². The number of aromatic amines is 1. The van der Waals surface area contributed by atoms with Crippen LogP contribution in [-0.2, 0) is 6.54 Å². The number of aliphatic hydroxyl groups excluding tert-OH is 1. The molecular formula is C15H19N3O2. The molecule has 0 unspecified atom stereocenters. The van der Waals surface area contributed by atoms with Crippen LogP contribution >= 0.6 is 0 Å². The second-order valence-corrected chi connectivity index (χ2v) is 5.21. The molecule has 2 aromatic rings. The molecule has 0 bridgehead atoms. The van der Waals surface area contributed by atoms with Crippen molar-refractivity contribution in [1.29, 1.82) is 0 Å². The van der Waals surface area contributed by atoms with Gasteiger partial charge in [-0.05, 0) is 30.4 Å². The first-order chi connectivity index (χ1) is 9.78. The highest BCUT2D eigenvalue weighted by Gasteiger charge is 2.27. The van der Waals surface area contributed by atoms with Gasteiger partial charge in [0.2, 0.25) is 0 Å². The van der Waals surface area contributed by atoms with Crippen LogP contribution in [0.3, 0.4) is 0 Å². The Hall–Kier alpha value is -2.01. The molecule has 1 aliphatic heterocycles. The molecule has 3 N–H and O–H groups in total. The van der Waals surface area contributed by atoms with Gasteiger partial charge in [-0.1, -0.05) is 18.2 Å². The summed E-state index contributed by atoms with van der Waals surface area (Å²) in [5.41, 5.74) is 2.06. The number of rotatable bonds is 3. The summed E-state index contributed by atoms with van der Waals surface area (Å²) >= 11 is 0. The molecule has 20 heavy (non-hydrogen) atoms. The van der Waals surface area contributed by atoms with Gasteiger partial charge in [-0.25, -0.2) is 4.79 Å². The first-order valence-electron chi connectivity index (χ1n) is 7.00. The molecule has 1 atom stereocenters. The van der Waals surface area contributed by atoms with E-state index in [2.05, 4.69) is 10.3 Å². The maximum atomic E-state index is 12.1. The number of benzene rings is 1. The van der Waals surface area contributed by atoms with Crippen LogP contribution in [0.5, 0.6) is 0 Å². The average molecular weight is 273 g/mol. The quantitative estimate of drug-likeness (QED) is 0.798. The van der Waals surface area contributed by atoms with Crippen molar-refractivity contribution in [1.82, 2.24) is 15.2 Å². The highest BCUT2D eigenvalue weighted by atomic mass is 16.3. The number of carbonyl (C=O) groups excluding carboxylic acids is 1. The van der Waals surface area contributed by atoms with Gasteiger partial charge in [-0.3, -0.25) is 0 Å². The van der Waals surface area contributed by atoms with E-state index in [0.717, 1.165) is 36.0 Å². The minimum Gasteiger partial charge on any atom is -0.394 e. The second kappa shape index (κ2) is 5.54. The number of likely N-dealkylation sites (tertiary alicyclic amines) is 1. The maximum absolute atomic E-state index is 12.1. The third-order valence-corrected chi connectivity index (χ3v) is 3.86. The molecule has 5 heteroatoms. The molecular weight excluding hydrogens is 254 g/mol. The molecule has 2 heterocycles. The molecule has 0 spiro atoms. The number of amides is 2. The van der Waals surface area contributed by atoms with Gasteiger partial charge in [-0.15, -0.1) is 0 Å². The smallest absolute Gasteiger partial charge is 0.318 e. The molecule has 1 aromatic heterocycles. The number of hydrogen-bond donors (Lipinski definition) is 3.